The van der Waals surface area contributed by atoms with E-state index >= 15 is 0 Å². The van der Waals surface area contributed by atoms with E-state index in [1.165, 1.54) is 6.20 Å². The summed E-state index contributed by atoms with van der Waals surface area (Å²) in [5.41, 5.74) is 1.40. The van der Waals surface area contributed by atoms with Crippen LogP contribution in [0.2, 0.25) is 0 Å². The molecule has 0 bridgehead atoms. The van der Waals surface area contributed by atoms with Crippen molar-refractivity contribution in [1.29, 1.82) is 0 Å². The zero-order chi connectivity index (χ0) is 15.9. The summed E-state index contributed by atoms with van der Waals surface area (Å²) >= 11 is 3.44. The van der Waals surface area contributed by atoms with Crippen LogP contribution in [0.15, 0.2) is 28.9 Å². The SMILES string of the molecule is C[C@@H]1CN(c2c([N+](=O)[O-])cnc3ccc(Br)cc23)C[C@H](C)O1. The molecule has 1 saturated heterocycles. The molecule has 0 aliphatic carbocycles. The second-order valence-electron chi connectivity index (χ2n) is 5.57. The molecule has 0 unspecified atom stereocenters. The Morgan fingerprint density at radius 1 is 1.36 bits per heavy atom. The minimum atomic E-state index is -0.368. The molecule has 116 valence electrons. The largest absolute Gasteiger partial charge is 0.372 e. The molecule has 3 rings (SSSR count). The van der Waals surface area contributed by atoms with Crippen molar-refractivity contribution in [3.63, 3.8) is 0 Å². The summed E-state index contributed by atoms with van der Waals surface area (Å²) in [4.78, 5) is 17.3. The summed E-state index contributed by atoms with van der Waals surface area (Å²) in [5.74, 6) is 0. The lowest BCUT2D eigenvalue weighted by atomic mass is 10.1. The highest BCUT2D eigenvalue weighted by molar-refractivity contribution is 9.10. The molecule has 6 nitrogen and oxygen atoms in total. The Labute approximate surface area is 136 Å². The highest BCUT2D eigenvalue weighted by Crippen LogP contribution is 2.37. The summed E-state index contributed by atoms with van der Waals surface area (Å²) in [6, 6.07) is 5.63. The van der Waals surface area contributed by atoms with Crippen molar-refractivity contribution in [2.45, 2.75) is 26.1 Å². The average molecular weight is 366 g/mol. The van der Waals surface area contributed by atoms with Crippen molar-refractivity contribution in [3.8, 4) is 0 Å². The van der Waals surface area contributed by atoms with Crippen molar-refractivity contribution in [3.05, 3.63) is 39.0 Å². The number of morpholine rings is 1. The molecule has 22 heavy (non-hydrogen) atoms. The number of anilines is 1. The monoisotopic (exact) mass is 365 g/mol. The van der Waals surface area contributed by atoms with E-state index in [0.717, 1.165) is 15.4 Å². The number of hydrogen-bond acceptors (Lipinski definition) is 5. The molecular formula is C15H16BrN3O3. The third kappa shape index (κ3) is 2.78. The van der Waals surface area contributed by atoms with Crippen LogP contribution in [0.4, 0.5) is 11.4 Å². The van der Waals surface area contributed by atoms with Crippen molar-refractivity contribution in [1.82, 2.24) is 4.98 Å². The second-order valence-corrected chi connectivity index (χ2v) is 6.49. The topological polar surface area (TPSA) is 68.5 Å². The van der Waals surface area contributed by atoms with E-state index in [1.807, 2.05) is 36.9 Å². The lowest BCUT2D eigenvalue weighted by Crippen LogP contribution is -2.45. The number of fused-ring (bicyclic) bond motifs is 1. The first kappa shape index (κ1) is 15.2. The van der Waals surface area contributed by atoms with Gasteiger partial charge in [-0.25, -0.2) is 4.98 Å². The summed E-state index contributed by atoms with van der Waals surface area (Å²) in [6.07, 6.45) is 1.40. The molecule has 1 aromatic carbocycles. The number of hydrogen-bond donors (Lipinski definition) is 0. The van der Waals surface area contributed by atoms with Crippen molar-refractivity contribution in [2.24, 2.45) is 0 Å². The van der Waals surface area contributed by atoms with Crippen LogP contribution in [0.25, 0.3) is 10.9 Å². The Balaban J connectivity index is 2.22. The van der Waals surface area contributed by atoms with Gasteiger partial charge < -0.3 is 9.64 Å². The second kappa shape index (κ2) is 5.81. The molecular weight excluding hydrogens is 350 g/mol. The molecule has 2 aromatic rings. The number of halogens is 1. The number of benzene rings is 1. The summed E-state index contributed by atoms with van der Waals surface area (Å²) in [7, 11) is 0. The van der Waals surface area contributed by atoms with Gasteiger partial charge in [-0.1, -0.05) is 15.9 Å². The van der Waals surface area contributed by atoms with Crippen molar-refractivity contribution in [2.75, 3.05) is 18.0 Å². The van der Waals surface area contributed by atoms with Crippen LogP contribution in [0.1, 0.15) is 13.8 Å². The van der Waals surface area contributed by atoms with Crippen LogP contribution in [-0.2, 0) is 4.74 Å². The minimum absolute atomic E-state index is 0.0266. The van der Waals surface area contributed by atoms with Gasteiger partial charge in [-0.3, -0.25) is 10.1 Å². The molecule has 2 heterocycles. The summed E-state index contributed by atoms with van der Waals surface area (Å²) in [5, 5.41) is 12.2. The predicted octanol–water partition coefficient (Wildman–Crippen LogP) is 3.52. The fourth-order valence-corrected chi connectivity index (χ4v) is 3.33. The Hall–Kier alpha value is -1.73. The molecule has 2 atom stereocenters. The molecule has 0 N–H and O–H groups in total. The smallest absolute Gasteiger partial charge is 0.311 e. The normalized spacial score (nSPS) is 22.0. The number of nitrogens with zero attached hydrogens (tertiary/aromatic N) is 3. The van der Waals surface area contributed by atoms with Gasteiger partial charge in [-0.15, -0.1) is 0 Å². The number of aromatic nitrogens is 1. The van der Waals surface area contributed by atoms with E-state index in [9.17, 15) is 10.1 Å². The number of ether oxygens (including phenoxy) is 1. The lowest BCUT2D eigenvalue weighted by molar-refractivity contribution is -0.384. The number of rotatable bonds is 2. The van der Waals surface area contributed by atoms with Gasteiger partial charge in [0.1, 0.15) is 11.9 Å². The van der Waals surface area contributed by atoms with E-state index in [1.54, 1.807) is 0 Å². The number of nitro groups is 1. The molecule has 0 amide bonds. The van der Waals surface area contributed by atoms with Crippen LogP contribution >= 0.6 is 15.9 Å². The number of pyridine rings is 1. The van der Waals surface area contributed by atoms with Gasteiger partial charge in [0.05, 0.1) is 22.6 Å². The van der Waals surface area contributed by atoms with Crippen LogP contribution in [0.5, 0.6) is 0 Å². The van der Waals surface area contributed by atoms with E-state index in [2.05, 4.69) is 20.9 Å². The zero-order valence-corrected chi connectivity index (χ0v) is 13.9. The van der Waals surface area contributed by atoms with E-state index in [0.29, 0.717) is 18.8 Å². The van der Waals surface area contributed by atoms with Gasteiger partial charge in [0.15, 0.2) is 0 Å². The molecule has 1 aromatic heterocycles. The Kier molecular flexibility index (Phi) is 4.01. The molecule has 0 saturated carbocycles. The first-order valence-corrected chi connectivity index (χ1v) is 7.88. The standard InChI is InChI=1S/C15H16BrN3O3/c1-9-7-18(8-10(2)22-9)15-12-5-11(16)3-4-13(12)17-6-14(15)19(20)21/h3-6,9-10H,7-8H2,1-2H3/t9-,10+. The summed E-state index contributed by atoms with van der Waals surface area (Å²) in [6.45, 7) is 5.20. The molecule has 7 heteroatoms. The van der Waals surface area contributed by atoms with Gasteiger partial charge in [-0.2, -0.15) is 0 Å². The van der Waals surface area contributed by atoms with Crippen LogP contribution in [0.3, 0.4) is 0 Å². The first-order valence-electron chi connectivity index (χ1n) is 7.08. The van der Waals surface area contributed by atoms with Crippen LogP contribution in [0, 0.1) is 10.1 Å². The van der Waals surface area contributed by atoms with Crippen molar-refractivity contribution >= 4 is 38.2 Å². The van der Waals surface area contributed by atoms with Crippen molar-refractivity contribution < 1.29 is 9.66 Å². The van der Waals surface area contributed by atoms with Crippen LogP contribution in [-0.4, -0.2) is 35.2 Å². The fraction of sp³-hybridized carbons (Fsp3) is 0.400. The van der Waals surface area contributed by atoms with Gasteiger partial charge >= 0.3 is 5.69 Å². The zero-order valence-electron chi connectivity index (χ0n) is 12.3. The lowest BCUT2D eigenvalue weighted by Gasteiger charge is -2.36. The predicted molar refractivity (Wildman–Crippen MR) is 88.3 cm³/mol. The maximum atomic E-state index is 11.5. The quantitative estimate of drug-likeness (QED) is 0.601. The molecule has 0 radical (unpaired) electrons. The van der Waals surface area contributed by atoms with Gasteiger partial charge in [0, 0.05) is 22.9 Å². The highest BCUT2D eigenvalue weighted by atomic mass is 79.9. The average Bonchev–Trinajstić information content (AvgIpc) is 2.44. The summed E-state index contributed by atoms with van der Waals surface area (Å²) < 4.78 is 6.61. The minimum Gasteiger partial charge on any atom is -0.372 e. The van der Waals surface area contributed by atoms with E-state index in [-0.39, 0.29) is 22.8 Å². The third-order valence-corrected chi connectivity index (χ3v) is 4.21. The molecule has 0 spiro atoms. The Morgan fingerprint density at radius 2 is 2.05 bits per heavy atom. The maximum absolute atomic E-state index is 11.5. The van der Waals surface area contributed by atoms with Gasteiger partial charge in [-0.05, 0) is 32.0 Å². The Morgan fingerprint density at radius 3 is 2.68 bits per heavy atom. The third-order valence-electron chi connectivity index (χ3n) is 3.71. The molecule has 1 aliphatic heterocycles. The fourth-order valence-electron chi connectivity index (χ4n) is 2.97. The van der Waals surface area contributed by atoms with Crippen LogP contribution < -0.4 is 4.90 Å². The Bertz CT molecular complexity index is 727. The van der Waals surface area contributed by atoms with Gasteiger partial charge in [0.25, 0.3) is 0 Å². The highest BCUT2D eigenvalue weighted by Gasteiger charge is 2.29. The molecule has 1 fully saturated rings. The first-order chi connectivity index (χ1) is 10.5. The molecule has 1 aliphatic rings. The van der Waals surface area contributed by atoms with E-state index < -0.39 is 0 Å². The van der Waals surface area contributed by atoms with Gasteiger partial charge in [0.2, 0.25) is 0 Å². The maximum Gasteiger partial charge on any atom is 0.311 e. The van der Waals surface area contributed by atoms with E-state index in [4.69, 9.17) is 4.74 Å².